The van der Waals surface area contributed by atoms with Crippen molar-refractivity contribution in [3.05, 3.63) is 47.0 Å². The summed E-state index contributed by atoms with van der Waals surface area (Å²) in [4.78, 5) is 12.4. The molecule has 0 fully saturated rings. The van der Waals surface area contributed by atoms with Crippen molar-refractivity contribution in [1.29, 1.82) is 0 Å². The Morgan fingerprint density at radius 1 is 1.30 bits per heavy atom. The van der Waals surface area contributed by atoms with E-state index >= 15 is 0 Å². The largest absolute Gasteiger partial charge is 0.477 e. The van der Waals surface area contributed by atoms with E-state index in [0.717, 1.165) is 21.6 Å². The molecule has 2 heterocycles. The topological polar surface area (TPSA) is 55.1 Å². The highest BCUT2D eigenvalue weighted by Gasteiger charge is 2.19. The van der Waals surface area contributed by atoms with E-state index in [9.17, 15) is 9.90 Å². The highest BCUT2D eigenvalue weighted by atomic mass is 32.1. The van der Waals surface area contributed by atoms with E-state index in [4.69, 9.17) is 0 Å². The van der Waals surface area contributed by atoms with Crippen LogP contribution in [0.15, 0.2) is 36.4 Å². The molecule has 102 valence electrons. The van der Waals surface area contributed by atoms with Crippen LogP contribution >= 0.6 is 11.3 Å². The summed E-state index contributed by atoms with van der Waals surface area (Å²) in [5, 5.41) is 14.8. The van der Waals surface area contributed by atoms with Gasteiger partial charge in [0.2, 0.25) is 0 Å². The number of para-hydroxylation sites is 1. The molecule has 3 rings (SSSR count). The van der Waals surface area contributed by atoms with Crippen LogP contribution in [0, 0.1) is 0 Å². The van der Waals surface area contributed by atoms with Crippen LogP contribution in [0.2, 0.25) is 0 Å². The highest BCUT2D eigenvalue weighted by Crippen LogP contribution is 2.33. The number of carboxylic acid groups (broad SMARTS) is 1. The molecular weight excluding hydrogens is 272 g/mol. The van der Waals surface area contributed by atoms with E-state index in [1.165, 1.54) is 11.3 Å². The number of hydrogen-bond acceptors (Lipinski definition) is 3. The van der Waals surface area contributed by atoms with Gasteiger partial charge in [-0.3, -0.25) is 0 Å². The maximum Gasteiger partial charge on any atom is 0.345 e. The van der Waals surface area contributed by atoms with Crippen LogP contribution in [0.25, 0.3) is 15.9 Å². The Morgan fingerprint density at radius 3 is 2.60 bits per heavy atom. The van der Waals surface area contributed by atoms with Gasteiger partial charge >= 0.3 is 5.97 Å². The van der Waals surface area contributed by atoms with Gasteiger partial charge in [-0.1, -0.05) is 32.0 Å². The van der Waals surface area contributed by atoms with E-state index in [2.05, 4.69) is 18.9 Å². The first-order valence-corrected chi connectivity index (χ1v) is 7.20. The lowest BCUT2D eigenvalue weighted by Crippen LogP contribution is -1.98. The van der Waals surface area contributed by atoms with E-state index < -0.39 is 5.97 Å². The van der Waals surface area contributed by atoms with Crippen LogP contribution in [0.4, 0.5) is 0 Å². The Hall–Kier alpha value is -2.14. The number of aromatic carboxylic acids is 1. The van der Waals surface area contributed by atoms with Gasteiger partial charge < -0.3 is 5.11 Å². The highest BCUT2D eigenvalue weighted by molar-refractivity contribution is 7.20. The number of rotatable bonds is 3. The van der Waals surface area contributed by atoms with Gasteiger partial charge in [0.15, 0.2) is 0 Å². The standard InChI is InChI=1S/C15H14N2O2S/c1-9(2)13-11-8-12(15(18)19)20-14(11)17(16-13)10-6-4-3-5-7-10/h3-9H,1-2H3,(H,18,19). The Kier molecular flexibility index (Phi) is 3.06. The maximum atomic E-state index is 11.2. The van der Waals surface area contributed by atoms with Crippen molar-refractivity contribution in [1.82, 2.24) is 9.78 Å². The predicted molar refractivity (Wildman–Crippen MR) is 80.0 cm³/mol. The SMILES string of the molecule is CC(C)c1nn(-c2ccccc2)c2sc(C(=O)O)cc12. The number of carboxylic acids is 1. The average Bonchev–Trinajstić information content (AvgIpc) is 2.97. The normalized spacial score (nSPS) is 11.3. The molecule has 0 bridgehead atoms. The molecule has 0 atom stereocenters. The fraction of sp³-hybridized carbons (Fsp3) is 0.200. The van der Waals surface area contributed by atoms with Crippen LogP contribution in [0.3, 0.4) is 0 Å². The van der Waals surface area contributed by atoms with Crippen LogP contribution in [0.1, 0.15) is 35.1 Å². The molecule has 4 nitrogen and oxygen atoms in total. The number of thiophene rings is 1. The summed E-state index contributed by atoms with van der Waals surface area (Å²) in [6.45, 7) is 4.13. The van der Waals surface area contributed by atoms with Crippen molar-refractivity contribution in [2.45, 2.75) is 19.8 Å². The molecule has 0 saturated heterocycles. The average molecular weight is 286 g/mol. The van der Waals surface area contributed by atoms with Crippen LogP contribution in [0.5, 0.6) is 0 Å². The molecule has 1 aromatic carbocycles. The first-order valence-electron chi connectivity index (χ1n) is 6.39. The monoisotopic (exact) mass is 286 g/mol. The molecular formula is C15H14N2O2S. The predicted octanol–water partition coefficient (Wildman–Crippen LogP) is 3.91. The molecule has 0 spiro atoms. The fourth-order valence-corrected chi connectivity index (χ4v) is 3.18. The number of nitrogens with zero attached hydrogens (tertiary/aromatic N) is 2. The smallest absolute Gasteiger partial charge is 0.345 e. The van der Waals surface area contributed by atoms with Crippen molar-refractivity contribution >= 4 is 27.5 Å². The lowest BCUT2D eigenvalue weighted by Gasteiger charge is -2.02. The number of fused-ring (bicyclic) bond motifs is 1. The zero-order valence-electron chi connectivity index (χ0n) is 11.2. The molecule has 1 N–H and O–H groups in total. The summed E-state index contributed by atoms with van der Waals surface area (Å²) in [5.74, 6) is -0.640. The Balaban J connectivity index is 2.29. The molecule has 20 heavy (non-hydrogen) atoms. The third-order valence-corrected chi connectivity index (χ3v) is 4.25. The van der Waals surface area contributed by atoms with E-state index in [1.807, 2.05) is 35.0 Å². The number of carbonyl (C=O) groups is 1. The lowest BCUT2D eigenvalue weighted by atomic mass is 10.1. The van der Waals surface area contributed by atoms with Crippen molar-refractivity contribution in [2.75, 3.05) is 0 Å². The molecule has 0 radical (unpaired) electrons. The maximum absolute atomic E-state index is 11.2. The molecule has 0 unspecified atom stereocenters. The zero-order chi connectivity index (χ0) is 14.3. The molecule has 3 aromatic rings. The van der Waals surface area contributed by atoms with Crippen molar-refractivity contribution < 1.29 is 9.90 Å². The van der Waals surface area contributed by atoms with Gasteiger partial charge in [0.05, 0.1) is 11.4 Å². The first kappa shape index (κ1) is 12.9. The third-order valence-electron chi connectivity index (χ3n) is 3.15. The van der Waals surface area contributed by atoms with Gasteiger partial charge in [-0.2, -0.15) is 5.10 Å². The molecule has 0 amide bonds. The number of benzene rings is 1. The summed E-state index contributed by atoms with van der Waals surface area (Å²) in [5.41, 5.74) is 1.88. The lowest BCUT2D eigenvalue weighted by molar-refractivity contribution is 0.0702. The Bertz CT molecular complexity index is 772. The fourth-order valence-electron chi connectivity index (χ4n) is 2.21. The van der Waals surface area contributed by atoms with E-state index in [1.54, 1.807) is 6.07 Å². The molecule has 0 aliphatic rings. The van der Waals surface area contributed by atoms with Gasteiger partial charge in [-0.25, -0.2) is 9.48 Å². The van der Waals surface area contributed by atoms with Gasteiger partial charge in [-0.05, 0) is 24.1 Å². The Labute approximate surface area is 120 Å². The van der Waals surface area contributed by atoms with Crippen molar-refractivity contribution in [3.63, 3.8) is 0 Å². The quantitative estimate of drug-likeness (QED) is 0.794. The third kappa shape index (κ3) is 2.00. The number of hydrogen-bond donors (Lipinski definition) is 1. The van der Waals surface area contributed by atoms with E-state index in [0.29, 0.717) is 4.88 Å². The minimum atomic E-state index is -0.888. The summed E-state index contributed by atoms with van der Waals surface area (Å²) in [6.07, 6.45) is 0. The van der Waals surface area contributed by atoms with Gasteiger partial charge in [-0.15, -0.1) is 11.3 Å². The Morgan fingerprint density at radius 2 is 2.00 bits per heavy atom. The summed E-state index contributed by atoms with van der Waals surface area (Å²) in [6, 6.07) is 11.5. The second kappa shape index (κ2) is 4.76. The first-order chi connectivity index (χ1) is 9.58. The van der Waals surface area contributed by atoms with Gasteiger partial charge in [0.25, 0.3) is 0 Å². The second-order valence-electron chi connectivity index (χ2n) is 4.92. The summed E-state index contributed by atoms with van der Waals surface area (Å²) < 4.78 is 1.84. The van der Waals surface area contributed by atoms with Crippen molar-refractivity contribution in [2.24, 2.45) is 0 Å². The van der Waals surface area contributed by atoms with Crippen LogP contribution in [-0.2, 0) is 0 Å². The minimum Gasteiger partial charge on any atom is -0.477 e. The van der Waals surface area contributed by atoms with Crippen LogP contribution < -0.4 is 0 Å². The van der Waals surface area contributed by atoms with Crippen molar-refractivity contribution in [3.8, 4) is 5.69 Å². The van der Waals surface area contributed by atoms with Crippen LogP contribution in [-0.4, -0.2) is 20.9 Å². The molecule has 5 heteroatoms. The van der Waals surface area contributed by atoms with Gasteiger partial charge in [0.1, 0.15) is 9.71 Å². The summed E-state index contributed by atoms with van der Waals surface area (Å²) >= 11 is 1.27. The number of aromatic nitrogens is 2. The molecule has 0 saturated carbocycles. The molecule has 0 aliphatic heterocycles. The zero-order valence-corrected chi connectivity index (χ0v) is 12.0. The van der Waals surface area contributed by atoms with Gasteiger partial charge in [0, 0.05) is 5.39 Å². The minimum absolute atomic E-state index is 0.249. The second-order valence-corrected chi connectivity index (χ2v) is 5.95. The molecule has 2 aromatic heterocycles. The van der Waals surface area contributed by atoms with E-state index in [-0.39, 0.29) is 5.92 Å². The molecule has 0 aliphatic carbocycles. The summed E-state index contributed by atoms with van der Waals surface area (Å²) in [7, 11) is 0.